The highest BCUT2D eigenvalue weighted by atomic mass is 32.1. The summed E-state index contributed by atoms with van der Waals surface area (Å²) in [4.78, 5) is 7.23. The van der Waals surface area contributed by atoms with Crippen LogP contribution < -0.4 is 9.54 Å². The molecule has 4 nitrogen and oxygen atoms in total. The van der Waals surface area contributed by atoms with Crippen molar-refractivity contribution in [2.24, 2.45) is 10.1 Å². The summed E-state index contributed by atoms with van der Waals surface area (Å²) in [6.07, 6.45) is 6.23. The quantitative estimate of drug-likeness (QED) is 0.490. The normalized spacial score (nSPS) is 16.5. The van der Waals surface area contributed by atoms with Crippen molar-refractivity contribution >= 4 is 28.4 Å². The molecule has 2 aromatic heterocycles. The van der Waals surface area contributed by atoms with Crippen molar-refractivity contribution in [1.82, 2.24) is 4.68 Å². The zero-order chi connectivity index (χ0) is 19.3. The van der Waals surface area contributed by atoms with Crippen LogP contribution in [-0.2, 0) is 0 Å². The first-order valence-electron chi connectivity index (χ1n) is 9.73. The first kappa shape index (κ1) is 19.2. The van der Waals surface area contributed by atoms with Gasteiger partial charge in [0.25, 0.3) is 0 Å². The highest BCUT2D eigenvalue weighted by Gasteiger charge is 2.16. The number of nitrogens with zero attached hydrogens (tertiary/aromatic N) is 3. The second-order valence-corrected chi connectivity index (χ2v) is 8.78. The molecule has 0 amide bonds. The summed E-state index contributed by atoms with van der Waals surface area (Å²) in [5.41, 5.74) is 3.05. The van der Waals surface area contributed by atoms with Crippen molar-refractivity contribution in [1.29, 1.82) is 0 Å². The molecule has 1 aromatic carbocycles. The molecule has 28 heavy (non-hydrogen) atoms. The molecule has 0 atom stereocenters. The van der Waals surface area contributed by atoms with E-state index in [-0.39, 0.29) is 0 Å². The van der Waals surface area contributed by atoms with Crippen molar-refractivity contribution in [3.63, 3.8) is 0 Å². The standard InChI is InChI=1S/C22H25N3OS2/c1-16(21-13-8-14-27-21)24-25-19(18-11-6-7-12-20(18)26-2)15-28-22(25)23-17-9-4-3-5-10-17/h6-8,11-15,17H,3-5,9-10H2,1-2H3. The molecule has 0 saturated heterocycles. The predicted octanol–water partition coefficient (Wildman–Crippen LogP) is 5.79. The van der Waals surface area contributed by atoms with Gasteiger partial charge in [-0.2, -0.15) is 5.10 Å². The third-order valence-electron chi connectivity index (χ3n) is 5.06. The minimum Gasteiger partial charge on any atom is -0.496 e. The summed E-state index contributed by atoms with van der Waals surface area (Å²) in [5.74, 6) is 0.849. The van der Waals surface area contributed by atoms with Crippen molar-refractivity contribution in [3.05, 3.63) is 56.8 Å². The molecule has 1 aliphatic rings. The molecule has 0 bridgehead atoms. The van der Waals surface area contributed by atoms with Gasteiger partial charge < -0.3 is 4.74 Å². The Balaban J connectivity index is 1.85. The van der Waals surface area contributed by atoms with Crippen molar-refractivity contribution in [2.75, 3.05) is 7.11 Å². The SMILES string of the molecule is COc1ccccc1-c1csc(=NC2CCCCC2)n1N=C(C)c1cccs1. The molecule has 0 aliphatic heterocycles. The number of benzene rings is 1. The van der Waals surface area contributed by atoms with Crippen molar-refractivity contribution in [2.45, 2.75) is 45.1 Å². The second-order valence-electron chi connectivity index (χ2n) is 7.00. The van der Waals surface area contributed by atoms with E-state index < -0.39 is 0 Å². The van der Waals surface area contributed by atoms with Crippen LogP contribution in [0.15, 0.2) is 57.3 Å². The fourth-order valence-corrected chi connectivity index (χ4v) is 5.14. The van der Waals surface area contributed by atoms with Crippen LogP contribution >= 0.6 is 22.7 Å². The fraction of sp³-hybridized carbons (Fsp3) is 0.364. The molecular weight excluding hydrogens is 386 g/mol. The number of para-hydroxylation sites is 1. The Bertz CT molecular complexity index is 1010. The van der Waals surface area contributed by atoms with E-state index in [1.807, 2.05) is 22.9 Å². The average molecular weight is 412 g/mol. The second kappa shape index (κ2) is 8.88. The van der Waals surface area contributed by atoms with E-state index in [1.165, 1.54) is 37.0 Å². The molecule has 0 unspecified atom stereocenters. The number of hydrogen-bond donors (Lipinski definition) is 0. The molecule has 0 spiro atoms. The van der Waals surface area contributed by atoms with E-state index in [1.54, 1.807) is 29.8 Å². The van der Waals surface area contributed by atoms with E-state index in [2.05, 4.69) is 35.9 Å². The predicted molar refractivity (Wildman–Crippen MR) is 119 cm³/mol. The summed E-state index contributed by atoms with van der Waals surface area (Å²) >= 11 is 3.37. The highest BCUT2D eigenvalue weighted by molar-refractivity contribution is 7.12. The number of thiophene rings is 1. The van der Waals surface area contributed by atoms with Crippen LogP contribution in [0.2, 0.25) is 0 Å². The fourth-order valence-electron chi connectivity index (χ4n) is 3.58. The van der Waals surface area contributed by atoms with E-state index in [0.29, 0.717) is 6.04 Å². The average Bonchev–Trinajstić information content (AvgIpc) is 3.40. The third kappa shape index (κ3) is 4.13. The van der Waals surface area contributed by atoms with Crippen molar-refractivity contribution < 1.29 is 4.74 Å². The molecule has 0 N–H and O–H groups in total. The number of methoxy groups -OCH3 is 1. The first-order valence-corrected chi connectivity index (χ1v) is 11.5. The maximum Gasteiger partial charge on any atom is 0.206 e. The van der Waals surface area contributed by atoms with Crippen LogP contribution in [0.4, 0.5) is 0 Å². The summed E-state index contributed by atoms with van der Waals surface area (Å²) in [6.45, 7) is 2.06. The number of thiazole rings is 1. The molecule has 4 rings (SSSR count). The molecule has 6 heteroatoms. The summed E-state index contributed by atoms with van der Waals surface area (Å²) < 4.78 is 7.61. The molecule has 1 aliphatic carbocycles. The Labute approximate surface area is 173 Å². The van der Waals surface area contributed by atoms with Gasteiger partial charge in [-0.15, -0.1) is 22.7 Å². The van der Waals surface area contributed by atoms with Gasteiger partial charge in [-0.05, 0) is 43.3 Å². The summed E-state index contributed by atoms with van der Waals surface area (Å²) in [7, 11) is 1.71. The zero-order valence-corrected chi connectivity index (χ0v) is 17.9. The molecule has 1 fully saturated rings. The van der Waals surface area contributed by atoms with Crippen LogP contribution in [0.3, 0.4) is 0 Å². The summed E-state index contributed by atoms with van der Waals surface area (Å²) in [5, 5.41) is 9.21. The number of ether oxygens (including phenoxy) is 1. The molecule has 146 valence electrons. The van der Waals surface area contributed by atoms with Gasteiger partial charge in [-0.25, -0.2) is 4.68 Å². The van der Waals surface area contributed by atoms with E-state index >= 15 is 0 Å². The first-order chi connectivity index (χ1) is 13.8. The number of aromatic nitrogens is 1. The van der Waals surface area contributed by atoms with Gasteiger partial charge in [0.15, 0.2) is 0 Å². The molecular formula is C22H25N3OS2. The lowest BCUT2D eigenvalue weighted by molar-refractivity contribution is 0.416. The highest BCUT2D eigenvalue weighted by Crippen LogP contribution is 2.30. The minimum absolute atomic E-state index is 0.404. The Hall–Kier alpha value is -2.18. The lowest BCUT2D eigenvalue weighted by Gasteiger charge is -2.17. The smallest absolute Gasteiger partial charge is 0.206 e. The van der Waals surface area contributed by atoms with Gasteiger partial charge in [0, 0.05) is 10.9 Å². The maximum absolute atomic E-state index is 5.61. The van der Waals surface area contributed by atoms with Gasteiger partial charge in [0.05, 0.1) is 29.4 Å². The largest absolute Gasteiger partial charge is 0.496 e. The Morgan fingerprint density at radius 1 is 1.07 bits per heavy atom. The van der Waals surface area contributed by atoms with Gasteiger partial charge in [-0.1, -0.05) is 37.5 Å². The lowest BCUT2D eigenvalue weighted by Crippen LogP contribution is -2.19. The number of rotatable bonds is 5. The van der Waals surface area contributed by atoms with Crippen LogP contribution in [0.1, 0.15) is 43.9 Å². The van der Waals surface area contributed by atoms with E-state index in [4.69, 9.17) is 14.8 Å². The van der Waals surface area contributed by atoms with E-state index in [0.717, 1.165) is 27.5 Å². The molecule has 2 heterocycles. The Kier molecular flexibility index (Phi) is 6.07. The van der Waals surface area contributed by atoms with E-state index in [9.17, 15) is 0 Å². The summed E-state index contributed by atoms with van der Waals surface area (Å²) in [6, 6.07) is 12.7. The third-order valence-corrected chi connectivity index (χ3v) is 6.87. The van der Waals surface area contributed by atoms with Crippen LogP contribution in [0, 0.1) is 0 Å². The van der Waals surface area contributed by atoms with Crippen LogP contribution in [-0.4, -0.2) is 23.5 Å². The van der Waals surface area contributed by atoms with Gasteiger partial charge >= 0.3 is 0 Å². The maximum atomic E-state index is 5.61. The van der Waals surface area contributed by atoms with Gasteiger partial charge in [0.2, 0.25) is 4.80 Å². The zero-order valence-electron chi connectivity index (χ0n) is 16.3. The molecule has 1 saturated carbocycles. The topological polar surface area (TPSA) is 38.9 Å². The van der Waals surface area contributed by atoms with Gasteiger partial charge in [0.1, 0.15) is 5.75 Å². The molecule has 3 aromatic rings. The monoisotopic (exact) mass is 411 g/mol. The molecule has 0 radical (unpaired) electrons. The van der Waals surface area contributed by atoms with Crippen LogP contribution in [0.25, 0.3) is 11.3 Å². The lowest BCUT2D eigenvalue weighted by atomic mass is 9.96. The van der Waals surface area contributed by atoms with Crippen LogP contribution in [0.5, 0.6) is 5.75 Å². The van der Waals surface area contributed by atoms with Crippen molar-refractivity contribution in [3.8, 4) is 17.0 Å². The van der Waals surface area contributed by atoms with Gasteiger partial charge in [-0.3, -0.25) is 4.99 Å². The Morgan fingerprint density at radius 3 is 2.64 bits per heavy atom. The number of hydrogen-bond acceptors (Lipinski definition) is 5. The minimum atomic E-state index is 0.404. The Morgan fingerprint density at radius 2 is 1.89 bits per heavy atom.